The van der Waals surface area contributed by atoms with Gasteiger partial charge in [0.1, 0.15) is 0 Å². The van der Waals surface area contributed by atoms with E-state index in [-0.39, 0.29) is 12.5 Å². The van der Waals surface area contributed by atoms with Gasteiger partial charge in [-0.25, -0.2) is 0 Å². The third-order valence-electron chi connectivity index (χ3n) is 2.81. The monoisotopic (exact) mass is 260 g/mol. The van der Waals surface area contributed by atoms with Crippen molar-refractivity contribution in [1.82, 2.24) is 5.43 Å². The summed E-state index contributed by atoms with van der Waals surface area (Å²) < 4.78 is 36.1. The van der Waals surface area contributed by atoms with Crippen molar-refractivity contribution >= 4 is 0 Å². The maximum Gasteiger partial charge on any atom is 0.389 e. The fourth-order valence-electron chi connectivity index (χ4n) is 1.92. The molecular formula is C13H19F3N2. The molecule has 0 bridgehead atoms. The second-order valence-electron chi connectivity index (χ2n) is 4.56. The maximum atomic E-state index is 12.0. The molecule has 5 heteroatoms. The van der Waals surface area contributed by atoms with Crippen LogP contribution in [0.4, 0.5) is 13.2 Å². The molecule has 1 atom stereocenters. The van der Waals surface area contributed by atoms with E-state index in [9.17, 15) is 13.2 Å². The summed E-state index contributed by atoms with van der Waals surface area (Å²) in [5.74, 6) is 5.38. The summed E-state index contributed by atoms with van der Waals surface area (Å²) in [6, 6.07) is 7.79. The zero-order chi connectivity index (χ0) is 13.6. The number of rotatable bonds is 6. The van der Waals surface area contributed by atoms with Crippen molar-refractivity contribution < 1.29 is 13.2 Å². The van der Waals surface area contributed by atoms with Crippen molar-refractivity contribution in [3.05, 3.63) is 35.4 Å². The van der Waals surface area contributed by atoms with Gasteiger partial charge in [0.15, 0.2) is 0 Å². The molecule has 0 saturated heterocycles. The number of nitrogens with one attached hydrogen (secondary N) is 1. The minimum atomic E-state index is -4.08. The topological polar surface area (TPSA) is 38.0 Å². The number of hydrogen-bond acceptors (Lipinski definition) is 2. The molecule has 3 N–H and O–H groups in total. The molecule has 0 saturated carbocycles. The van der Waals surface area contributed by atoms with E-state index in [0.29, 0.717) is 12.8 Å². The van der Waals surface area contributed by atoms with E-state index >= 15 is 0 Å². The van der Waals surface area contributed by atoms with E-state index in [0.717, 1.165) is 11.1 Å². The van der Waals surface area contributed by atoms with E-state index in [1.54, 1.807) is 0 Å². The molecule has 1 aromatic rings. The fourth-order valence-corrected chi connectivity index (χ4v) is 1.92. The molecule has 1 aromatic carbocycles. The van der Waals surface area contributed by atoms with Gasteiger partial charge < -0.3 is 0 Å². The lowest BCUT2D eigenvalue weighted by Crippen LogP contribution is -2.36. The van der Waals surface area contributed by atoms with Gasteiger partial charge in [0.05, 0.1) is 0 Å². The molecule has 0 radical (unpaired) electrons. The number of nitrogens with two attached hydrogens (primary N) is 1. The van der Waals surface area contributed by atoms with Gasteiger partial charge in [-0.2, -0.15) is 13.2 Å². The van der Waals surface area contributed by atoms with Crippen LogP contribution in [-0.4, -0.2) is 12.2 Å². The zero-order valence-corrected chi connectivity index (χ0v) is 10.4. The molecule has 0 aromatic heterocycles. The summed E-state index contributed by atoms with van der Waals surface area (Å²) >= 11 is 0. The van der Waals surface area contributed by atoms with E-state index in [1.165, 1.54) is 0 Å². The maximum absolute atomic E-state index is 12.0. The van der Waals surface area contributed by atoms with Crippen LogP contribution in [0.25, 0.3) is 0 Å². The van der Waals surface area contributed by atoms with Crippen molar-refractivity contribution in [3.8, 4) is 0 Å². The molecule has 0 fully saturated rings. The lowest BCUT2D eigenvalue weighted by atomic mass is 10.00. The number of alkyl halides is 3. The van der Waals surface area contributed by atoms with Crippen LogP contribution in [0.5, 0.6) is 0 Å². The molecule has 0 aliphatic carbocycles. The summed E-state index contributed by atoms with van der Waals surface area (Å²) in [5, 5.41) is 0. The highest BCUT2D eigenvalue weighted by Crippen LogP contribution is 2.23. The third-order valence-corrected chi connectivity index (χ3v) is 2.81. The third kappa shape index (κ3) is 6.02. The Balaban J connectivity index is 2.42. The molecule has 18 heavy (non-hydrogen) atoms. The van der Waals surface area contributed by atoms with Gasteiger partial charge in [0.2, 0.25) is 0 Å². The van der Waals surface area contributed by atoms with Crippen molar-refractivity contribution in [2.24, 2.45) is 5.84 Å². The minimum absolute atomic E-state index is 0.101. The summed E-state index contributed by atoms with van der Waals surface area (Å²) in [4.78, 5) is 0. The molecule has 1 rings (SSSR count). The van der Waals surface area contributed by atoms with Gasteiger partial charge >= 0.3 is 6.18 Å². The van der Waals surface area contributed by atoms with Crippen molar-refractivity contribution in [2.45, 2.75) is 44.8 Å². The predicted molar refractivity (Wildman–Crippen MR) is 65.9 cm³/mol. The van der Waals surface area contributed by atoms with Crippen LogP contribution >= 0.6 is 0 Å². The molecule has 102 valence electrons. The average molecular weight is 260 g/mol. The van der Waals surface area contributed by atoms with Crippen LogP contribution in [0, 0.1) is 6.92 Å². The van der Waals surface area contributed by atoms with Gasteiger partial charge in [0, 0.05) is 12.5 Å². The van der Waals surface area contributed by atoms with E-state index < -0.39 is 12.6 Å². The molecule has 1 unspecified atom stereocenters. The Morgan fingerprint density at radius 3 is 2.61 bits per heavy atom. The summed E-state index contributed by atoms with van der Waals surface area (Å²) in [6.45, 7) is 1.98. The standard InChI is InChI=1S/C13H19F3N2/c1-10-4-2-5-11(8-10)9-12(18-17)6-3-7-13(14,15)16/h2,4-5,8,12,18H,3,6-7,9,17H2,1H3. The van der Waals surface area contributed by atoms with Crippen LogP contribution in [0.15, 0.2) is 24.3 Å². The smallest absolute Gasteiger partial charge is 0.271 e. The Bertz CT molecular complexity index is 363. The quantitative estimate of drug-likeness (QED) is 0.609. The van der Waals surface area contributed by atoms with E-state index in [4.69, 9.17) is 5.84 Å². The second kappa shape index (κ2) is 6.75. The van der Waals surface area contributed by atoms with E-state index in [2.05, 4.69) is 5.43 Å². The first-order valence-corrected chi connectivity index (χ1v) is 5.99. The normalized spacial score (nSPS) is 13.6. The SMILES string of the molecule is Cc1cccc(CC(CCCC(F)(F)F)NN)c1. The summed E-state index contributed by atoms with van der Waals surface area (Å²) in [6.07, 6.45) is -3.66. The van der Waals surface area contributed by atoms with Gasteiger partial charge in [-0.3, -0.25) is 11.3 Å². The average Bonchev–Trinajstić information content (AvgIpc) is 2.26. The molecule has 0 heterocycles. The number of hydrogen-bond donors (Lipinski definition) is 2. The van der Waals surface area contributed by atoms with Gasteiger partial charge in [-0.05, 0) is 31.7 Å². The van der Waals surface area contributed by atoms with Crippen molar-refractivity contribution in [2.75, 3.05) is 0 Å². The number of hydrazine groups is 1. The van der Waals surface area contributed by atoms with Crippen LogP contribution in [0.1, 0.15) is 30.4 Å². The highest BCUT2D eigenvalue weighted by atomic mass is 19.4. The summed E-state index contributed by atoms with van der Waals surface area (Å²) in [7, 11) is 0. The largest absolute Gasteiger partial charge is 0.389 e. The Morgan fingerprint density at radius 2 is 2.06 bits per heavy atom. The molecular weight excluding hydrogens is 241 g/mol. The lowest BCUT2D eigenvalue weighted by molar-refractivity contribution is -0.135. The second-order valence-corrected chi connectivity index (χ2v) is 4.56. The first-order chi connectivity index (χ1) is 8.40. The highest BCUT2D eigenvalue weighted by Gasteiger charge is 2.26. The van der Waals surface area contributed by atoms with Crippen molar-refractivity contribution in [3.63, 3.8) is 0 Å². The van der Waals surface area contributed by atoms with Crippen molar-refractivity contribution in [1.29, 1.82) is 0 Å². The number of benzene rings is 1. The number of aryl methyl sites for hydroxylation is 1. The lowest BCUT2D eigenvalue weighted by Gasteiger charge is -2.16. The molecule has 0 aliphatic heterocycles. The molecule has 0 spiro atoms. The first-order valence-electron chi connectivity index (χ1n) is 5.99. The van der Waals surface area contributed by atoms with Gasteiger partial charge in [-0.15, -0.1) is 0 Å². The van der Waals surface area contributed by atoms with Crippen LogP contribution < -0.4 is 11.3 Å². The Labute approximate surface area is 105 Å². The summed E-state index contributed by atoms with van der Waals surface area (Å²) in [5.41, 5.74) is 4.81. The van der Waals surface area contributed by atoms with Gasteiger partial charge in [-0.1, -0.05) is 29.8 Å². The zero-order valence-electron chi connectivity index (χ0n) is 10.4. The first kappa shape index (κ1) is 15.0. The Morgan fingerprint density at radius 1 is 1.33 bits per heavy atom. The number of halogens is 3. The van der Waals surface area contributed by atoms with Gasteiger partial charge in [0.25, 0.3) is 0 Å². The Kier molecular flexibility index (Phi) is 5.62. The Hall–Kier alpha value is -1.07. The van der Waals surface area contributed by atoms with Crippen LogP contribution in [-0.2, 0) is 6.42 Å². The molecule has 2 nitrogen and oxygen atoms in total. The highest BCUT2D eigenvalue weighted by molar-refractivity contribution is 5.22. The van der Waals surface area contributed by atoms with E-state index in [1.807, 2.05) is 31.2 Å². The predicted octanol–water partition coefficient (Wildman–Crippen LogP) is 3.10. The minimum Gasteiger partial charge on any atom is -0.271 e. The van der Waals surface area contributed by atoms with Crippen LogP contribution in [0.2, 0.25) is 0 Å². The molecule has 0 amide bonds. The van der Waals surface area contributed by atoms with Crippen LogP contribution in [0.3, 0.4) is 0 Å². The molecule has 0 aliphatic rings. The fraction of sp³-hybridized carbons (Fsp3) is 0.538.